The van der Waals surface area contributed by atoms with Crippen LogP contribution in [0.5, 0.6) is 0 Å². The van der Waals surface area contributed by atoms with E-state index in [4.69, 9.17) is 4.99 Å². The molecular weight excluding hydrogens is 825 g/mol. The van der Waals surface area contributed by atoms with Gasteiger partial charge >= 0.3 is 0 Å². The molecule has 0 aromatic heterocycles. The number of piperazine rings is 1. The number of likely N-dealkylation sites (N-methyl/N-ethyl adjacent to an activating group) is 2. The molecule has 5 rings (SSSR count). The van der Waals surface area contributed by atoms with Crippen LogP contribution in [0.3, 0.4) is 0 Å². The SMILES string of the molecule is CCC=CCC=CCC=CCC=CCC=CCCCC(=O)NCCNCCNC(=O)c1ccc2c(c1)NC(=O)C2C(=Nc1ccc(N(C)C(=O)CN2CCN(C)CC2)cc1)c1ccccc1. The molecule has 4 amide bonds. The minimum absolute atomic E-state index is 0.0297. The maximum Gasteiger partial charge on any atom is 0.251 e. The van der Waals surface area contributed by atoms with Crippen LogP contribution in [0.1, 0.15) is 85.7 Å². The van der Waals surface area contributed by atoms with E-state index in [9.17, 15) is 19.2 Å². The molecule has 0 spiro atoms. The third kappa shape index (κ3) is 17.3. The number of unbranched alkanes of at least 4 members (excludes halogenated alkanes) is 1. The van der Waals surface area contributed by atoms with Crippen molar-refractivity contribution < 1.29 is 19.2 Å². The van der Waals surface area contributed by atoms with Crippen molar-refractivity contribution in [2.75, 3.05) is 83.2 Å². The number of carbonyl (C=O) groups excluding carboxylic acids is 4. The Morgan fingerprint density at radius 3 is 2.02 bits per heavy atom. The lowest BCUT2D eigenvalue weighted by molar-refractivity contribution is -0.121. The van der Waals surface area contributed by atoms with Crippen LogP contribution < -0.4 is 26.2 Å². The lowest BCUT2D eigenvalue weighted by atomic mass is 9.90. The van der Waals surface area contributed by atoms with Crippen LogP contribution in [0.4, 0.5) is 17.1 Å². The van der Waals surface area contributed by atoms with E-state index in [-0.39, 0.29) is 23.6 Å². The summed E-state index contributed by atoms with van der Waals surface area (Å²) in [7, 11) is 3.89. The average molecular weight is 895 g/mol. The van der Waals surface area contributed by atoms with Crippen molar-refractivity contribution in [2.24, 2.45) is 4.99 Å². The van der Waals surface area contributed by atoms with Gasteiger partial charge in [-0.2, -0.15) is 0 Å². The number of hydrogen-bond donors (Lipinski definition) is 4. The number of anilines is 2. The van der Waals surface area contributed by atoms with Gasteiger partial charge in [0.25, 0.3) is 5.91 Å². The Labute approximate surface area is 392 Å². The second-order valence-corrected chi connectivity index (χ2v) is 16.6. The van der Waals surface area contributed by atoms with Crippen LogP contribution in [0.25, 0.3) is 0 Å². The predicted octanol–water partition coefficient (Wildman–Crippen LogP) is 8.11. The second-order valence-electron chi connectivity index (χ2n) is 16.6. The molecule has 66 heavy (non-hydrogen) atoms. The first-order valence-corrected chi connectivity index (χ1v) is 23.6. The molecule has 1 saturated heterocycles. The highest BCUT2D eigenvalue weighted by Crippen LogP contribution is 2.37. The summed E-state index contributed by atoms with van der Waals surface area (Å²) in [6.07, 6.45) is 28.9. The van der Waals surface area contributed by atoms with E-state index in [0.29, 0.717) is 61.8 Å². The molecule has 12 heteroatoms. The van der Waals surface area contributed by atoms with Crippen molar-refractivity contribution in [1.82, 2.24) is 25.8 Å². The number of fused-ring (bicyclic) bond motifs is 1. The van der Waals surface area contributed by atoms with Crippen molar-refractivity contribution in [3.63, 3.8) is 0 Å². The van der Waals surface area contributed by atoms with Gasteiger partial charge in [0.1, 0.15) is 5.92 Å². The normalized spacial score (nSPS) is 16.0. The summed E-state index contributed by atoms with van der Waals surface area (Å²) in [5.74, 6) is -1.10. The quantitative estimate of drug-likeness (QED) is 0.0363. The van der Waals surface area contributed by atoms with E-state index >= 15 is 0 Å². The predicted molar refractivity (Wildman–Crippen MR) is 271 cm³/mol. The third-order valence-electron chi connectivity index (χ3n) is 11.4. The van der Waals surface area contributed by atoms with Crippen LogP contribution in [0.2, 0.25) is 0 Å². The molecule has 4 N–H and O–H groups in total. The van der Waals surface area contributed by atoms with Crippen LogP contribution in [0.15, 0.2) is 139 Å². The largest absolute Gasteiger partial charge is 0.355 e. The maximum atomic E-state index is 13.6. The van der Waals surface area contributed by atoms with Crippen molar-refractivity contribution >= 4 is 46.4 Å². The van der Waals surface area contributed by atoms with Crippen molar-refractivity contribution in [2.45, 2.75) is 64.2 Å². The third-order valence-corrected chi connectivity index (χ3v) is 11.4. The Morgan fingerprint density at radius 2 is 1.36 bits per heavy atom. The molecule has 0 aliphatic carbocycles. The average Bonchev–Trinajstić information content (AvgIpc) is 3.66. The summed E-state index contributed by atoms with van der Waals surface area (Å²) < 4.78 is 0. The maximum absolute atomic E-state index is 13.6. The minimum Gasteiger partial charge on any atom is -0.355 e. The van der Waals surface area contributed by atoms with E-state index in [1.807, 2.05) is 60.7 Å². The summed E-state index contributed by atoms with van der Waals surface area (Å²) in [6.45, 7) is 8.19. The highest BCUT2D eigenvalue weighted by Gasteiger charge is 2.36. The molecule has 0 radical (unpaired) electrons. The fourth-order valence-corrected chi connectivity index (χ4v) is 7.54. The highest BCUT2D eigenvalue weighted by molar-refractivity contribution is 6.24. The Morgan fingerprint density at radius 1 is 0.742 bits per heavy atom. The zero-order valence-electron chi connectivity index (χ0n) is 39.2. The van der Waals surface area contributed by atoms with E-state index in [1.54, 1.807) is 24.1 Å². The molecule has 3 aromatic carbocycles. The summed E-state index contributed by atoms with van der Waals surface area (Å²) in [5, 5.41) is 12.1. The van der Waals surface area contributed by atoms with Gasteiger partial charge in [0.05, 0.1) is 17.9 Å². The van der Waals surface area contributed by atoms with Gasteiger partial charge in [0.15, 0.2) is 0 Å². The molecule has 2 aliphatic rings. The number of hydrogen-bond acceptors (Lipinski definition) is 8. The number of aliphatic imine (C=N–C) groups is 1. The number of carbonyl (C=O) groups is 4. The molecule has 1 fully saturated rings. The van der Waals surface area contributed by atoms with E-state index in [0.717, 1.165) is 87.9 Å². The Bertz CT molecular complexity index is 2190. The molecule has 2 aliphatic heterocycles. The summed E-state index contributed by atoms with van der Waals surface area (Å²) in [4.78, 5) is 63.3. The van der Waals surface area contributed by atoms with Crippen LogP contribution >= 0.6 is 0 Å². The molecule has 350 valence electrons. The van der Waals surface area contributed by atoms with E-state index in [2.05, 4.69) is 106 Å². The Balaban J connectivity index is 0.999. The molecule has 1 unspecified atom stereocenters. The summed E-state index contributed by atoms with van der Waals surface area (Å²) in [5.41, 5.74) is 4.56. The monoisotopic (exact) mass is 895 g/mol. The standard InChI is InChI=1S/C54H70N8O4/c1-4-5-6-7-8-9-10-11-12-13-14-15-16-17-18-19-23-26-49(63)56-35-33-55-34-36-57-53(65)44-27-32-47-48(41-44)59-54(66)51(47)52(43-24-21-20-22-25-43)58-45-28-30-46(31-29-45)61(3)50(64)42-62-39-37-60(2)38-40-62/h5-6,8-9,11-12,14-15,17-18,20-22,24-25,27-32,41,51,55H,4,7,10,13,16,19,23,26,33-40,42H2,1-3H3,(H,56,63)(H,57,65)(H,59,66). The number of nitrogens with zero attached hydrogens (tertiary/aromatic N) is 4. The molecule has 0 saturated carbocycles. The minimum atomic E-state index is -0.694. The zero-order valence-corrected chi connectivity index (χ0v) is 39.2. The first-order chi connectivity index (χ1) is 32.2. The van der Waals surface area contributed by atoms with Gasteiger partial charge in [0, 0.05) is 82.8 Å². The number of amides is 4. The van der Waals surface area contributed by atoms with E-state index < -0.39 is 5.92 Å². The van der Waals surface area contributed by atoms with Crippen molar-refractivity contribution in [1.29, 1.82) is 0 Å². The van der Waals surface area contributed by atoms with Gasteiger partial charge in [-0.1, -0.05) is 104 Å². The number of nitrogens with one attached hydrogen (secondary N) is 4. The van der Waals surface area contributed by atoms with Gasteiger partial charge in [-0.25, -0.2) is 0 Å². The van der Waals surface area contributed by atoms with Gasteiger partial charge in [-0.15, -0.1) is 0 Å². The zero-order chi connectivity index (χ0) is 46.8. The summed E-state index contributed by atoms with van der Waals surface area (Å²) >= 11 is 0. The van der Waals surface area contributed by atoms with Gasteiger partial charge in [-0.05, 0) is 99.5 Å². The van der Waals surface area contributed by atoms with Crippen LogP contribution in [0, 0.1) is 0 Å². The molecule has 1 atom stereocenters. The first kappa shape index (κ1) is 50.8. The first-order valence-electron chi connectivity index (χ1n) is 23.6. The fraction of sp³-hybridized carbons (Fsp3) is 0.389. The number of benzene rings is 3. The molecule has 12 nitrogen and oxygen atoms in total. The molecule has 3 aromatic rings. The van der Waals surface area contributed by atoms with Gasteiger partial charge in [-0.3, -0.25) is 29.1 Å². The van der Waals surface area contributed by atoms with Crippen molar-refractivity contribution in [3.05, 3.63) is 150 Å². The van der Waals surface area contributed by atoms with Crippen LogP contribution in [-0.2, 0) is 14.4 Å². The van der Waals surface area contributed by atoms with Crippen molar-refractivity contribution in [3.8, 4) is 0 Å². The lowest BCUT2D eigenvalue weighted by Gasteiger charge is -2.32. The van der Waals surface area contributed by atoms with Crippen LogP contribution in [-0.4, -0.2) is 112 Å². The number of rotatable bonds is 26. The lowest BCUT2D eigenvalue weighted by Crippen LogP contribution is -2.48. The van der Waals surface area contributed by atoms with Gasteiger partial charge < -0.3 is 31.1 Å². The molecular formula is C54H70N8O4. The highest BCUT2D eigenvalue weighted by atomic mass is 16.2. The molecule has 2 heterocycles. The molecule has 0 bridgehead atoms. The second kappa shape index (κ2) is 28.6. The smallest absolute Gasteiger partial charge is 0.251 e. The number of allylic oxidation sites excluding steroid dienone is 10. The van der Waals surface area contributed by atoms with E-state index in [1.165, 1.54) is 0 Å². The fourth-order valence-electron chi connectivity index (χ4n) is 7.54. The Kier molecular flexibility index (Phi) is 22.0. The topological polar surface area (TPSA) is 138 Å². The summed E-state index contributed by atoms with van der Waals surface area (Å²) in [6, 6.07) is 22.4. The van der Waals surface area contributed by atoms with Gasteiger partial charge in [0.2, 0.25) is 17.7 Å². The Hall–Kier alpha value is -6.21.